The molecule has 2 aromatic heterocycles. The second kappa shape index (κ2) is 8.98. The van der Waals surface area contributed by atoms with E-state index in [0.717, 1.165) is 0 Å². The molecule has 0 fully saturated rings. The largest absolute Gasteiger partial charge is 0.424 e. The van der Waals surface area contributed by atoms with Crippen molar-refractivity contribution in [2.24, 2.45) is 0 Å². The highest BCUT2D eigenvalue weighted by atomic mass is 35.5. The van der Waals surface area contributed by atoms with Gasteiger partial charge in [0, 0.05) is 23.4 Å². The van der Waals surface area contributed by atoms with Crippen LogP contribution in [0.5, 0.6) is 11.8 Å². The number of halogens is 2. The fourth-order valence-corrected chi connectivity index (χ4v) is 2.89. The van der Waals surface area contributed by atoms with Crippen LogP contribution in [0.4, 0.5) is 4.39 Å². The molecule has 0 amide bonds. The summed E-state index contributed by atoms with van der Waals surface area (Å²) in [7, 11) is 0. The van der Waals surface area contributed by atoms with E-state index in [9.17, 15) is 4.39 Å². The molecule has 2 aromatic carbocycles. The van der Waals surface area contributed by atoms with Crippen molar-refractivity contribution in [2.45, 2.75) is 13.7 Å². The molecule has 4 aromatic rings. The van der Waals surface area contributed by atoms with E-state index in [1.54, 1.807) is 53.3 Å². The highest BCUT2D eigenvalue weighted by Crippen LogP contribution is 2.30. The zero-order valence-corrected chi connectivity index (χ0v) is 16.8. The lowest BCUT2D eigenvalue weighted by Crippen LogP contribution is -2.07. The van der Waals surface area contributed by atoms with Crippen molar-refractivity contribution in [3.05, 3.63) is 71.6 Å². The van der Waals surface area contributed by atoms with E-state index in [0.29, 0.717) is 40.0 Å². The van der Waals surface area contributed by atoms with E-state index >= 15 is 0 Å². The van der Waals surface area contributed by atoms with Gasteiger partial charge in [-0.3, -0.25) is 0 Å². The van der Waals surface area contributed by atoms with E-state index < -0.39 is 0 Å². The average Bonchev–Trinajstić information content (AvgIpc) is 3.18. The van der Waals surface area contributed by atoms with Crippen LogP contribution < -0.4 is 4.74 Å². The van der Waals surface area contributed by atoms with Gasteiger partial charge in [0.05, 0.1) is 5.69 Å². The predicted molar refractivity (Wildman–Crippen MR) is 110 cm³/mol. The molecule has 0 atom stereocenters. The quantitative estimate of drug-likeness (QED) is 0.415. The summed E-state index contributed by atoms with van der Waals surface area (Å²) in [4.78, 5) is 8.68. The lowest BCUT2D eigenvalue weighted by atomic mass is 10.1. The number of hydrogen-bond acceptors (Lipinski definition) is 6. The van der Waals surface area contributed by atoms with Gasteiger partial charge in [-0.25, -0.2) is 14.1 Å². The zero-order valence-electron chi connectivity index (χ0n) is 16.0. The van der Waals surface area contributed by atoms with Gasteiger partial charge in [-0.15, -0.1) is 5.10 Å². The highest BCUT2D eigenvalue weighted by molar-refractivity contribution is 6.30. The van der Waals surface area contributed by atoms with Crippen LogP contribution in [0.2, 0.25) is 5.02 Å². The average molecular weight is 426 g/mol. The Morgan fingerprint density at radius 3 is 2.53 bits per heavy atom. The molecule has 30 heavy (non-hydrogen) atoms. The maximum absolute atomic E-state index is 13.4. The highest BCUT2D eigenvalue weighted by Gasteiger charge is 2.19. The Hall–Kier alpha value is -3.36. The third kappa shape index (κ3) is 4.45. The summed E-state index contributed by atoms with van der Waals surface area (Å²) < 4.78 is 26.2. The Bertz CT molecular complexity index is 1130. The molecule has 0 radical (unpaired) electrons. The number of hydrogen-bond donors (Lipinski definition) is 0. The van der Waals surface area contributed by atoms with Crippen LogP contribution in [0, 0.1) is 5.82 Å². The monoisotopic (exact) mass is 425 g/mol. The van der Waals surface area contributed by atoms with E-state index in [4.69, 9.17) is 21.1 Å². The Labute approximate surface area is 177 Å². The second-order valence-corrected chi connectivity index (χ2v) is 6.63. The molecule has 0 aliphatic rings. The van der Waals surface area contributed by atoms with Gasteiger partial charge in [-0.05, 0) is 61.5 Å². The molecule has 0 aliphatic carbocycles. The smallest absolute Gasteiger partial charge is 0.322 e. The van der Waals surface area contributed by atoms with Crippen molar-refractivity contribution in [3.63, 3.8) is 0 Å². The molecule has 4 rings (SSSR count). The first-order valence-corrected chi connectivity index (χ1v) is 9.56. The number of rotatable bonds is 7. The molecule has 0 spiro atoms. The summed E-state index contributed by atoms with van der Waals surface area (Å²) in [5.41, 5.74) is 2.40. The van der Waals surface area contributed by atoms with Gasteiger partial charge in [-0.1, -0.05) is 16.8 Å². The van der Waals surface area contributed by atoms with E-state index in [1.165, 1.54) is 12.1 Å². The van der Waals surface area contributed by atoms with Crippen LogP contribution in [-0.2, 0) is 11.5 Å². The molecule has 0 aliphatic heterocycles. The Morgan fingerprint density at radius 2 is 1.80 bits per heavy atom. The lowest BCUT2D eigenvalue weighted by molar-refractivity contribution is 0.0790. The lowest BCUT2D eigenvalue weighted by Gasteiger charge is -2.09. The van der Waals surface area contributed by atoms with Gasteiger partial charge in [0.2, 0.25) is 0 Å². The number of benzene rings is 2. The fourth-order valence-electron chi connectivity index (χ4n) is 2.77. The van der Waals surface area contributed by atoms with Crippen molar-refractivity contribution in [2.75, 3.05) is 6.61 Å². The molecule has 0 N–H and O–H groups in total. The van der Waals surface area contributed by atoms with Crippen molar-refractivity contribution in [1.82, 2.24) is 25.0 Å². The van der Waals surface area contributed by atoms with Crippen LogP contribution >= 0.6 is 11.6 Å². The van der Waals surface area contributed by atoms with E-state index in [1.807, 2.05) is 6.92 Å². The predicted octanol–water partition coefficient (Wildman–Crippen LogP) is 4.98. The number of aromatic nitrogens is 5. The number of nitrogens with zero attached hydrogens (tertiary/aromatic N) is 5. The maximum Gasteiger partial charge on any atom is 0.322 e. The topological polar surface area (TPSA) is 75.0 Å². The minimum Gasteiger partial charge on any atom is -0.424 e. The molecular weight excluding hydrogens is 409 g/mol. The van der Waals surface area contributed by atoms with Crippen molar-refractivity contribution >= 4 is 11.6 Å². The van der Waals surface area contributed by atoms with Crippen LogP contribution in [-0.4, -0.2) is 31.6 Å². The Morgan fingerprint density at radius 1 is 1.03 bits per heavy atom. The van der Waals surface area contributed by atoms with Crippen molar-refractivity contribution in [1.29, 1.82) is 0 Å². The Balaban J connectivity index is 1.73. The molecule has 0 unspecified atom stereocenters. The molecule has 0 saturated heterocycles. The van der Waals surface area contributed by atoms with Gasteiger partial charge in [0.25, 0.3) is 0 Å². The normalized spacial score (nSPS) is 10.9. The summed E-state index contributed by atoms with van der Waals surface area (Å²) in [6.45, 7) is 2.59. The van der Waals surface area contributed by atoms with Crippen LogP contribution in [0.3, 0.4) is 0 Å². The standard InChI is InChI=1S/C21H17ClFN5O2/c1-2-29-13-28-20(19(26-27-28)14-3-7-16(23)8-4-14)18-11-12-24-21(25-18)30-17-9-5-15(22)6-10-17/h3-12H,2,13H2,1H3. The fraction of sp³-hybridized carbons (Fsp3) is 0.143. The first-order chi connectivity index (χ1) is 14.6. The molecule has 2 heterocycles. The summed E-state index contributed by atoms with van der Waals surface area (Å²) in [6, 6.07) is 14.8. The van der Waals surface area contributed by atoms with Crippen molar-refractivity contribution < 1.29 is 13.9 Å². The van der Waals surface area contributed by atoms with Crippen LogP contribution in [0.1, 0.15) is 6.92 Å². The molecular formula is C21H17ClFN5O2. The maximum atomic E-state index is 13.4. The van der Waals surface area contributed by atoms with Crippen molar-refractivity contribution in [3.8, 4) is 34.4 Å². The third-order valence-electron chi connectivity index (χ3n) is 4.17. The summed E-state index contributed by atoms with van der Waals surface area (Å²) in [5, 5.41) is 9.05. The SMILES string of the molecule is CCOCn1nnc(-c2ccc(F)cc2)c1-c1ccnc(Oc2ccc(Cl)cc2)n1. The van der Waals surface area contributed by atoms with Gasteiger partial charge in [0.15, 0.2) is 0 Å². The van der Waals surface area contributed by atoms with Gasteiger partial charge in [-0.2, -0.15) is 4.98 Å². The minimum absolute atomic E-state index is 0.157. The summed E-state index contributed by atoms with van der Waals surface area (Å²) in [6.07, 6.45) is 1.58. The van der Waals surface area contributed by atoms with E-state index in [2.05, 4.69) is 20.3 Å². The van der Waals surface area contributed by atoms with Crippen LogP contribution in [0.25, 0.3) is 22.6 Å². The first-order valence-electron chi connectivity index (χ1n) is 9.18. The molecule has 7 nitrogen and oxygen atoms in total. The zero-order chi connectivity index (χ0) is 20.9. The second-order valence-electron chi connectivity index (χ2n) is 6.20. The molecule has 0 saturated carbocycles. The third-order valence-corrected chi connectivity index (χ3v) is 4.42. The molecule has 152 valence electrons. The van der Waals surface area contributed by atoms with E-state index in [-0.39, 0.29) is 18.6 Å². The number of ether oxygens (including phenoxy) is 2. The van der Waals surface area contributed by atoms with Gasteiger partial charge < -0.3 is 9.47 Å². The minimum atomic E-state index is -0.331. The Kier molecular flexibility index (Phi) is 5.97. The van der Waals surface area contributed by atoms with Gasteiger partial charge >= 0.3 is 6.01 Å². The summed E-state index contributed by atoms with van der Waals surface area (Å²) >= 11 is 5.91. The van der Waals surface area contributed by atoms with Crippen LogP contribution in [0.15, 0.2) is 60.8 Å². The molecule has 0 bridgehead atoms. The summed E-state index contributed by atoms with van der Waals surface area (Å²) in [5.74, 6) is 0.221. The first kappa shape index (κ1) is 19.9. The molecule has 9 heteroatoms. The van der Waals surface area contributed by atoms with Gasteiger partial charge in [0.1, 0.15) is 29.7 Å².